The Morgan fingerprint density at radius 2 is 2.12 bits per heavy atom. The average Bonchev–Trinajstić information content (AvgIpc) is 2.29. The zero-order valence-corrected chi connectivity index (χ0v) is 9.16. The summed E-state index contributed by atoms with van der Waals surface area (Å²) in [6.07, 6.45) is 0. The zero-order valence-electron chi connectivity index (χ0n) is 9.16. The molecule has 0 aromatic heterocycles. The molecule has 0 spiro atoms. The highest BCUT2D eigenvalue weighted by Gasteiger charge is 2.20. The molecule has 4 nitrogen and oxygen atoms in total. The van der Waals surface area contributed by atoms with Crippen LogP contribution in [0.4, 0.5) is 8.78 Å². The van der Waals surface area contributed by atoms with Crippen molar-refractivity contribution in [1.82, 2.24) is 0 Å². The molecular weight excluding hydrogens is 232 g/mol. The number of halogens is 2. The van der Waals surface area contributed by atoms with Crippen LogP contribution in [0, 0.1) is 18.3 Å². The lowest BCUT2D eigenvalue weighted by atomic mass is 10.1. The van der Waals surface area contributed by atoms with Crippen LogP contribution in [-0.4, -0.2) is 19.7 Å². The van der Waals surface area contributed by atoms with E-state index in [1.54, 1.807) is 13.0 Å². The van der Waals surface area contributed by atoms with Crippen molar-refractivity contribution in [3.05, 3.63) is 28.8 Å². The monoisotopic (exact) mass is 241 g/mol. The van der Waals surface area contributed by atoms with Crippen molar-refractivity contribution in [3.63, 3.8) is 0 Å². The third kappa shape index (κ3) is 2.91. The second-order valence-corrected chi connectivity index (χ2v) is 3.17. The van der Waals surface area contributed by atoms with Crippen LogP contribution >= 0.6 is 0 Å². The molecule has 17 heavy (non-hydrogen) atoms. The van der Waals surface area contributed by atoms with E-state index in [2.05, 4.69) is 9.47 Å². The molecule has 0 atom stereocenters. The molecule has 0 heterocycles. The maximum atomic E-state index is 12.2. The van der Waals surface area contributed by atoms with Crippen LogP contribution in [0.2, 0.25) is 0 Å². The number of esters is 1. The van der Waals surface area contributed by atoms with Gasteiger partial charge in [0.1, 0.15) is 11.6 Å². The maximum Gasteiger partial charge on any atom is 0.387 e. The molecule has 90 valence electrons. The van der Waals surface area contributed by atoms with Gasteiger partial charge in [0.25, 0.3) is 0 Å². The van der Waals surface area contributed by atoms with Gasteiger partial charge in [0, 0.05) is 0 Å². The van der Waals surface area contributed by atoms with Crippen LogP contribution in [-0.2, 0) is 4.74 Å². The molecule has 0 fully saturated rings. The standard InChI is InChI=1S/C11H9F2NO3/c1-6-3-7(5-14)9(17-11(12)13)8(4-6)10(15)16-2/h3-4,11H,1-2H3. The van der Waals surface area contributed by atoms with E-state index in [1.807, 2.05) is 0 Å². The summed E-state index contributed by atoms with van der Waals surface area (Å²) in [5.74, 6) is -1.29. The van der Waals surface area contributed by atoms with Gasteiger partial charge in [-0.15, -0.1) is 0 Å². The van der Waals surface area contributed by atoms with Gasteiger partial charge in [-0.3, -0.25) is 0 Å². The smallest absolute Gasteiger partial charge is 0.387 e. The number of aryl methyl sites for hydroxylation is 1. The van der Waals surface area contributed by atoms with Crippen molar-refractivity contribution >= 4 is 5.97 Å². The summed E-state index contributed by atoms with van der Waals surface area (Å²) in [4.78, 5) is 11.4. The molecule has 6 heteroatoms. The molecule has 1 rings (SSSR count). The Morgan fingerprint density at radius 3 is 2.59 bits per heavy atom. The third-order valence-electron chi connectivity index (χ3n) is 1.97. The Bertz CT molecular complexity index is 480. The van der Waals surface area contributed by atoms with E-state index in [0.29, 0.717) is 5.56 Å². The van der Waals surface area contributed by atoms with Crippen LogP contribution in [0.3, 0.4) is 0 Å². The zero-order chi connectivity index (χ0) is 13.0. The van der Waals surface area contributed by atoms with Gasteiger partial charge in [-0.2, -0.15) is 14.0 Å². The third-order valence-corrected chi connectivity index (χ3v) is 1.97. The molecule has 0 saturated carbocycles. The van der Waals surface area contributed by atoms with Crippen LogP contribution in [0.25, 0.3) is 0 Å². The first-order valence-electron chi connectivity index (χ1n) is 4.57. The molecule has 0 unspecified atom stereocenters. The van der Waals surface area contributed by atoms with Gasteiger partial charge in [0.15, 0.2) is 5.75 Å². The van der Waals surface area contributed by atoms with E-state index in [0.717, 1.165) is 7.11 Å². The number of carbonyl (C=O) groups excluding carboxylic acids is 1. The fraction of sp³-hybridized carbons (Fsp3) is 0.273. The number of benzene rings is 1. The topological polar surface area (TPSA) is 59.3 Å². The minimum atomic E-state index is -3.12. The van der Waals surface area contributed by atoms with Gasteiger partial charge in [-0.05, 0) is 24.6 Å². The summed E-state index contributed by atoms with van der Waals surface area (Å²) < 4.78 is 33.0. The maximum absolute atomic E-state index is 12.2. The van der Waals surface area contributed by atoms with E-state index < -0.39 is 18.3 Å². The van der Waals surface area contributed by atoms with E-state index >= 15 is 0 Å². The number of hydrogen-bond acceptors (Lipinski definition) is 4. The number of hydrogen-bond donors (Lipinski definition) is 0. The average molecular weight is 241 g/mol. The lowest BCUT2D eigenvalue weighted by Gasteiger charge is -2.11. The predicted octanol–water partition coefficient (Wildman–Crippen LogP) is 2.25. The summed E-state index contributed by atoms with van der Waals surface area (Å²) in [6.45, 7) is -1.49. The Kier molecular flexibility index (Phi) is 3.99. The van der Waals surface area contributed by atoms with E-state index in [-0.39, 0.29) is 11.1 Å². The van der Waals surface area contributed by atoms with Crippen molar-refractivity contribution in [2.45, 2.75) is 13.5 Å². The van der Waals surface area contributed by atoms with Crippen LogP contribution in [0.15, 0.2) is 12.1 Å². The number of nitriles is 1. The fourth-order valence-corrected chi connectivity index (χ4v) is 1.33. The van der Waals surface area contributed by atoms with E-state index in [9.17, 15) is 13.6 Å². The van der Waals surface area contributed by atoms with Crippen molar-refractivity contribution in [2.24, 2.45) is 0 Å². The predicted molar refractivity (Wildman–Crippen MR) is 53.9 cm³/mol. The summed E-state index contributed by atoms with van der Waals surface area (Å²) in [5.41, 5.74) is 0.249. The largest absolute Gasteiger partial charge is 0.465 e. The Morgan fingerprint density at radius 1 is 1.47 bits per heavy atom. The lowest BCUT2D eigenvalue weighted by Crippen LogP contribution is -2.11. The van der Waals surface area contributed by atoms with E-state index in [1.165, 1.54) is 12.1 Å². The Hall–Kier alpha value is -2.16. The van der Waals surface area contributed by atoms with Crippen molar-refractivity contribution in [3.8, 4) is 11.8 Å². The lowest BCUT2D eigenvalue weighted by molar-refractivity contribution is -0.0506. The second-order valence-electron chi connectivity index (χ2n) is 3.17. The van der Waals surface area contributed by atoms with Crippen molar-refractivity contribution in [1.29, 1.82) is 5.26 Å². The molecule has 0 aliphatic heterocycles. The second kappa shape index (κ2) is 5.25. The van der Waals surface area contributed by atoms with Crippen molar-refractivity contribution < 1.29 is 23.0 Å². The number of rotatable bonds is 3. The molecular formula is C11H9F2NO3. The molecule has 0 aliphatic carbocycles. The molecule has 0 N–H and O–H groups in total. The number of ether oxygens (including phenoxy) is 2. The molecule has 0 saturated heterocycles. The van der Waals surface area contributed by atoms with E-state index in [4.69, 9.17) is 5.26 Å². The van der Waals surface area contributed by atoms with Crippen LogP contribution < -0.4 is 4.74 Å². The summed E-state index contributed by atoms with van der Waals surface area (Å²) in [5, 5.41) is 8.81. The first kappa shape index (κ1) is 12.9. The number of methoxy groups -OCH3 is 1. The Balaban J connectivity index is 3.39. The summed E-state index contributed by atoms with van der Waals surface area (Å²) in [6, 6.07) is 4.37. The normalized spacial score (nSPS) is 9.88. The first-order chi connectivity index (χ1) is 7.99. The SMILES string of the molecule is COC(=O)c1cc(C)cc(C#N)c1OC(F)F. The van der Waals surface area contributed by atoms with Gasteiger partial charge in [-0.1, -0.05) is 0 Å². The number of carbonyl (C=O) groups is 1. The summed E-state index contributed by atoms with van der Waals surface area (Å²) >= 11 is 0. The van der Waals surface area contributed by atoms with Crippen molar-refractivity contribution in [2.75, 3.05) is 7.11 Å². The van der Waals surface area contributed by atoms with Gasteiger partial charge in [-0.25, -0.2) is 4.79 Å². The van der Waals surface area contributed by atoms with Crippen LogP contribution in [0.5, 0.6) is 5.75 Å². The molecule has 0 radical (unpaired) electrons. The Labute approximate surface area is 96.4 Å². The highest BCUT2D eigenvalue weighted by atomic mass is 19.3. The van der Waals surface area contributed by atoms with Gasteiger partial charge in [0.05, 0.1) is 12.7 Å². The molecule has 0 aliphatic rings. The number of alkyl halides is 2. The summed E-state index contributed by atoms with van der Waals surface area (Å²) in [7, 11) is 1.11. The molecule has 1 aromatic rings. The van der Waals surface area contributed by atoms with Gasteiger partial charge >= 0.3 is 12.6 Å². The minimum absolute atomic E-state index is 0.134. The molecule has 1 aromatic carbocycles. The van der Waals surface area contributed by atoms with Gasteiger partial charge < -0.3 is 9.47 Å². The first-order valence-corrected chi connectivity index (χ1v) is 4.57. The minimum Gasteiger partial charge on any atom is -0.465 e. The molecule has 0 bridgehead atoms. The highest BCUT2D eigenvalue weighted by Crippen LogP contribution is 2.27. The van der Waals surface area contributed by atoms with Gasteiger partial charge in [0.2, 0.25) is 0 Å². The quantitative estimate of drug-likeness (QED) is 0.761. The number of nitrogens with zero attached hydrogens (tertiary/aromatic N) is 1. The van der Waals surface area contributed by atoms with Crippen LogP contribution in [0.1, 0.15) is 21.5 Å². The fourth-order valence-electron chi connectivity index (χ4n) is 1.33. The molecule has 0 amide bonds. The highest BCUT2D eigenvalue weighted by molar-refractivity contribution is 5.93.